The molecule has 0 N–H and O–H groups in total. The highest BCUT2D eigenvalue weighted by molar-refractivity contribution is 6.10. The summed E-state index contributed by atoms with van der Waals surface area (Å²) in [4.78, 5) is 12.0. The van der Waals surface area contributed by atoms with E-state index in [1.807, 2.05) is 49.7 Å². The monoisotopic (exact) mass is 226 g/mol. The number of benzene rings is 1. The van der Waals surface area contributed by atoms with Gasteiger partial charge >= 0.3 is 0 Å². The molecule has 0 atom stereocenters. The lowest BCUT2D eigenvalue weighted by molar-refractivity contribution is 0.0998. The molecule has 0 radical (unpaired) electrons. The summed E-state index contributed by atoms with van der Waals surface area (Å²) in [5, 5.41) is 9.59. The van der Waals surface area contributed by atoms with E-state index in [-0.39, 0.29) is 12.2 Å². The minimum absolute atomic E-state index is 0.0616. The number of ketones is 1. The molecule has 3 heteroatoms. The van der Waals surface area contributed by atoms with Crippen molar-refractivity contribution in [2.45, 2.75) is 20.3 Å². The van der Waals surface area contributed by atoms with Crippen molar-refractivity contribution in [2.75, 3.05) is 0 Å². The van der Waals surface area contributed by atoms with Crippen molar-refractivity contribution in [3.05, 3.63) is 35.0 Å². The summed E-state index contributed by atoms with van der Waals surface area (Å²) in [5.74, 6) is -0.0961. The van der Waals surface area contributed by atoms with Crippen molar-refractivity contribution in [1.29, 1.82) is 5.26 Å². The van der Waals surface area contributed by atoms with Gasteiger partial charge in [-0.05, 0) is 19.4 Å². The topological polar surface area (TPSA) is 45.8 Å². The van der Waals surface area contributed by atoms with Crippen LogP contribution >= 0.6 is 0 Å². The Hall–Kier alpha value is -2.08. The van der Waals surface area contributed by atoms with Gasteiger partial charge in [0, 0.05) is 23.7 Å². The molecule has 3 nitrogen and oxygen atoms in total. The second kappa shape index (κ2) is 4.06. The van der Waals surface area contributed by atoms with Crippen LogP contribution in [0.25, 0.3) is 10.9 Å². The van der Waals surface area contributed by atoms with E-state index in [1.165, 1.54) is 0 Å². The summed E-state index contributed by atoms with van der Waals surface area (Å²) < 4.78 is 2.02. The quantitative estimate of drug-likeness (QED) is 0.739. The van der Waals surface area contributed by atoms with Gasteiger partial charge in [-0.2, -0.15) is 5.26 Å². The number of rotatable bonds is 2. The maximum Gasteiger partial charge on any atom is 0.179 e. The second-order valence-electron chi connectivity index (χ2n) is 4.25. The molecule has 1 aromatic carbocycles. The minimum Gasteiger partial charge on any atom is -0.347 e. The molecule has 0 aliphatic rings. The third-order valence-electron chi connectivity index (χ3n) is 3.23. The normalized spacial score (nSPS) is 10.5. The number of nitrogens with zero attached hydrogens (tertiary/aromatic N) is 2. The Morgan fingerprint density at radius 2 is 2.12 bits per heavy atom. The van der Waals surface area contributed by atoms with Crippen LogP contribution in [-0.4, -0.2) is 10.4 Å². The molecule has 0 unspecified atom stereocenters. The summed E-state index contributed by atoms with van der Waals surface area (Å²) in [6.45, 7) is 3.95. The van der Waals surface area contributed by atoms with E-state index in [0.717, 1.165) is 22.2 Å². The minimum atomic E-state index is -0.0961. The van der Waals surface area contributed by atoms with Gasteiger partial charge in [-0.15, -0.1) is 0 Å². The highest BCUT2D eigenvalue weighted by Gasteiger charge is 2.18. The molecule has 86 valence electrons. The molecule has 0 amide bonds. The first-order valence-corrected chi connectivity index (χ1v) is 5.52. The number of para-hydroxylation sites is 1. The van der Waals surface area contributed by atoms with Crippen molar-refractivity contribution in [2.24, 2.45) is 7.05 Å². The van der Waals surface area contributed by atoms with E-state index < -0.39 is 0 Å². The van der Waals surface area contributed by atoms with Gasteiger partial charge in [0.15, 0.2) is 5.78 Å². The molecular formula is C14H14N2O. The number of hydrogen-bond acceptors (Lipinski definition) is 2. The van der Waals surface area contributed by atoms with Gasteiger partial charge in [0.2, 0.25) is 0 Å². The highest BCUT2D eigenvalue weighted by atomic mass is 16.1. The average molecular weight is 226 g/mol. The molecule has 0 aliphatic carbocycles. The first-order valence-electron chi connectivity index (χ1n) is 5.52. The van der Waals surface area contributed by atoms with Crippen LogP contribution in [0.5, 0.6) is 0 Å². The number of aryl methyl sites for hydroxylation is 2. The van der Waals surface area contributed by atoms with Crippen molar-refractivity contribution in [1.82, 2.24) is 4.57 Å². The molecule has 0 fully saturated rings. The Morgan fingerprint density at radius 3 is 2.76 bits per heavy atom. The van der Waals surface area contributed by atoms with Crippen LogP contribution in [0.15, 0.2) is 18.2 Å². The van der Waals surface area contributed by atoms with Gasteiger partial charge in [0.1, 0.15) is 0 Å². The number of aromatic nitrogens is 1. The van der Waals surface area contributed by atoms with Crippen LogP contribution in [0.2, 0.25) is 0 Å². The van der Waals surface area contributed by atoms with Gasteiger partial charge in [-0.3, -0.25) is 4.79 Å². The molecule has 0 aliphatic heterocycles. The van der Waals surface area contributed by atoms with Crippen LogP contribution in [-0.2, 0) is 7.05 Å². The number of nitriles is 1. The fourth-order valence-electron chi connectivity index (χ4n) is 2.35. The summed E-state index contributed by atoms with van der Waals surface area (Å²) in [7, 11) is 1.95. The fraction of sp³-hybridized carbons (Fsp3) is 0.286. The Morgan fingerprint density at radius 1 is 1.41 bits per heavy atom. The van der Waals surface area contributed by atoms with E-state index in [4.69, 9.17) is 5.26 Å². The van der Waals surface area contributed by atoms with E-state index in [0.29, 0.717) is 5.56 Å². The molecule has 0 saturated heterocycles. The number of fused-ring (bicyclic) bond motifs is 1. The molecule has 1 aromatic heterocycles. The summed E-state index contributed by atoms with van der Waals surface area (Å²) >= 11 is 0. The molecule has 2 rings (SSSR count). The number of carbonyl (C=O) groups excluding carboxylic acids is 1. The van der Waals surface area contributed by atoms with Crippen LogP contribution in [0.1, 0.15) is 28.0 Å². The largest absolute Gasteiger partial charge is 0.347 e. The van der Waals surface area contributed by atoms with Crippen LogP contribution in [0.3, 0.4) is 0 Å². The molecule has 0 bridgehead atoms. The highest BCUT2D eigenvalue weighted by Crippen LogP contribution is 2.28. The van der Waals surface area contributed by atoms with Gasteiger partial charge in [0.05, 0.1) is 18.0 Å². The maximum atomic E-state index is 12.0. The average Bonchev–Trinajstić information content (AvgIpc) is 2.53. The predicted octanol–water partition coefficient (Wildman–Crippen LogP) is 2.89. The first kappa shape index (κ1) is 11.4. The number of hydrogen-bond donors (Lipinski definition) is 0. The number of carbonyl (C=O) groups is 1. The summed E-state index contributed by atoms with van der Waals surface area (Å²) in [5.41, 5.74) is 3.83. The first-order chi connectivity index (χ1) is 8.07. The Bertz CT molecular complexity index is 644. The van der Waals surface area contributed by atoms with Gasteiger partial charge in [-0.1, -0.05) is 18.2 Å². The van der Waals surface area contributed by atoms with Crippen LogP contribution in [0.4, 0.5) is 0 Å². The van der Waals surface area contributed by atoms with Crippen LogP contribution < -0.4 is 0 Å². The molecule has 0 saturated carbocycles. The van der Waals surface area contributed by atoms with Crippen molar-refractivity contribution in [3.63, 3.8) is 0 Å². The zero-order chi connectivity index (χ0) is 12.6. The van der Waals surface area contributed by atoms with E-state index >= 15 is 0 Å². The molecular weight excluding hydrogens is 212 g/mol. The number of Topliss-reactive ketones (excluding diaryl/α,β-unsaturated/α-hetero) is 1. The standard InChI is InChI=1S/C14H14N2O/c1-9-5-4-6-11-13(12(17)7-8-15)10(2)16(3)14(9)11/h4-6H,7H2,1-3H3. The third-order valence-corrected chi connectivity index (χ3v) is 3.23. The lowest BCUT2D eigenvalue weighted by Crippen LogP contribution is -2.00. The molecule has 2 aromatic rings. The second-order valence-corrected chi connectivity index (χ2v) is 4.25. The van der Waals surface area contributed by atoms with Crippen molar-refractivity contribution in [3.8, 4) is 6.07 Å². The molecule has 1 heterocycles. The van der Waals surface area contributed by atoms with E-state index in [9.17, 15) is 4.79 Å². The van der Waals surface area contributed by atoms with Gasteiger partial charge < -0.3 is 4.57 Å². The fourth-order valence-corrected chi connectivity index (χ4v) is 2.35. The van der Waals surface area contributed by atoms with E-state index in [1.54, 1.807) is 0 Å². The summed E-state index contributed by atoms with van der Waals surface area (Å²) in [6, 6.07) is 7.84. The van der Waals surface area contributed by atoms with Gasteiger partial charge in [-0.25, -0.2) is 0 Å². The smallest absolute Gasteiger partial charge is 0.179 e. The summed E-state index contributed by atoms with van der Waals surface area (Å²) in [6.07, 6.45) is -0.0616. The SMILES string of the molecule is Cc1cccc2c(C(=O)CC#N)c(C)n(C)c12. The zero-order valence-corrected chi connectivity index (χ0v) is 10.2. The third kappa shape index (κ3) is 1.62. The molecule has 17 heavy (non-hydrogen) atoms. The van der Waals surface area contributed by atoms with E-state index in [2.05, 4.69) is 0 Å². The van der Waals surface area contributed by atoms with Gasteiger partial charge in [0.25, 0.3) is 0 Å². The Kier molecular flexibility index (Phi) is 2.72. The van der Waals surface area contributed by atoms with Crippen molar-refractivity contribution < 1.29 is 4.79 Å². The van der Waals surface area contributed by atoms with Crippen LogP contribution in [0, 0.1) is 25.2 Å². The Balaban J connectivity index is 2.81. The Labute approximate surface area is 100 Å². The predicted molar refractivity (Wildman–Crippen MR) is 67.0 cm³/mol. The molecule has 0 spiro atoms. The van der Waals surface area contributed by atoms with Crippen molar-refractivity contribution >= 4 is 16.7 Å². The lowest BCUT2D eigenvalue weighted by atomic mass is 10.0. The zero-order valence-electron chi connectivity index (χ0n) is 10.2. The lowest BCUT2D eigenvalue weighted by Gasteiger charge is -2.01. The maximum absolute atomic E-state index is 12.0.